The van der Waals surface area contributed by atoms with Crippen LogP contribution in [0.25, 0.3) is 17.0 Å². The molecule has 10 heteroatoms. The van der Waals surface area contributed by atoms with Gasteiger partial charge in [-0.15, -0.1) is 5.10 Å². The third kappa shape index (κ3) is 4.17. The second-order valence-electron chi connectivity index (χ2n) is 8.76. The molecule has 0 aliphatic heterocycles. The van der Waals surface area contributed by atoms with E-state index in [1.165, 1.54) is 51.3 Å². The first-order chi connectivity index (χ1) is 16.3. The fraction of sp³-hybridized carbons (Fsp3) is 0.208. The van der Waals surface area contributed by atoms with Gasteiger partial charge in [-0.3, -0.25) is 0 Å². The highest BCUT2D eigenvalue weighted by molar-refractivity contribution is 5.55. The summed E-state index contributed by atoms with van der Waals surface area (Å²) in [5, 5.41) is 8.35. The topological polar surface area (TPSA) is 100 Å². The average Bonchev–Trinajstić information content (AvgIpc) is 3.41. The van der Waals surface area contributed by atoms with Crippen LogP contribution in [0, 0.1) is 5.82 Å². The number of nitrogens with zero attached hydrogens (tertiary/aromatic N) is 6. The molecular formula is C24H21FN6O3. The van der Waals surface area contributed by atoms with E-state index in [0.29, 0.717) is 11.6 Å². The maximum atomic E-state index is 13.2. The lowest BCUT2D eigenvalue weighted by Crippen LogP contribution is -2.21. The minimum Gasteiger partial charge on any atom is -0.436 e. The second-order valence-corrected chi connectivity index (χ2v) is 8.76. The van der Waals surface area contributed by atoms with Crippen molar-refractivity contribution in [3.8, 4) is 23.0 Å². The summed E-state index contributed by atoms with van der Waals surface area (Å²) in [6.45, 7) is 6.41. The molecule has 3 aromatic heterocycles. The highest BCUT2D eigenvalue weighted by Crippen LogP contribution is 2.25. The molecular weight excluding hydrogens is 439 g/mol. The summed E-state index contributed by atoms with van der Waals surface area (Å²) in [5.41, 5.74) is 1.83. The number of ether oxygens (including phenoxy) is 1. The molecule has 5 rings (SSSR count). The Hall–Kier alpha value is -4.34. The van der Waals surface area contributed by atoms with Gasteiger partial charge in [-0.1, -0.05) is 50.2 Å². The van der Waals surface area contributed by atoms with E-state index in [2.05, 4.69) is 41.0 Å². The van der Waals surface area contributed by atoms with Gasteiger partial charge in [0.15, 0.2) is 0 Å². The van der Waals surface area contributed by atoms with Crippen LogP contribution in [0.1, 0.15) is 32.2 Å². The van der Waals surface area contributed by atoms with Gasteiger partial charge in [-0.2, -0.15) is 4.98 Å². The van der Waals surface area contributed by atoms with Crippen molar-refractivity contribution in [1.82, 2.24) is 29.3 Å². The number of hydrogen-bond acceptors (Lipinski definition) is 7. The Labute approximate surface area is 193 Å². The van der Waals surface area contributed by atoms with Crippen LogP contribution in [-0.2, 0) is 12.0 Å². The first kappa shape index (κ1) is 21.5. The van der Waals surface area contributed by atoms with E-state index < -0.39 is 5.69 Å². The lowest BCUT2D eigenvalue weighted by atomic mass is 9.87. The van der Waals surface area contributed by atoms with Crippen molar-refractivity contribution in [1.29, 1.82) is 0 Å². The lowest BCUT2D eigenvalue weighted by molar-refractivity contribution is 0.364. The van der Waals surface area contributed by atoms with Crippen LogP contribution in [0.4, 0.5) is 4.39 Å². The van der Waals surface area contributed by atoms with Crippen molar-refractivity contribution < 1.29 is 13.7 Å². The van der Waals surface area contributed by atoms with Crippen LogP contribution >= 0.6 is 0 Å². The molecule has 0 aliphatic rings. The minimum atomic E-state index is -0.421. The summed E-state index contributed by atoms with van der Waals surface area (Å²) in [6, 6.07) is 13.4. The maximum Gasteiger partial charge on any atom is 0.351 e. The van der Waals surface area contributed by atoms with Gasteiger partial charge in [0.25, 0.3) is 5.88 Å². The lowest BCUT2D eigenvalue weighted by Gasteiger charge is -2.18. The smallest absolute Gasteiger partial charge is 0.351 e. The first-order valence-corrected chi connectivity index (χ1v) is 10.6. The molecule has 0 aliphatic carbocycles. The Morgan fingerprint density at radius 3 is 2.50 bits per heavy atom. The summed E-state index contributed by atoms with van der Waals surface area (Å²) in [4.78, 5) is 21.4. The van der Waals surface area contributed by atoms with E-state index in [4.69, 9.17) is 9.26 Å². The zero-order valence-corrected chi connectivity index (χ0v) is 18.8. The summed E-state index contributed by atoms with van der Waals surface area (Å²) in [6.07, 6.45) is 2.90. The SMILES string of the molecule is CC(C)(C)c1ccc(-c2noc(Cn3nc4c(Oc5ccc(F)cc5)nccn4c3=O)n2)cc1. The third-order valence-electron chi connectivity index (χ3n) is 5.26. The van der Waals surface area contributed by atoms with E-state index in [9.17, 15) is 9.18 Å². The molecule has 0 saturated heterocycles. The molecule has 0 radical (unpaired) electrons. The van der Waals surface area contributed by atoms with Crippen molar-refractivity contribution in [3.05, 3.63) is 88.7 Å². The molecule has 0 unspecified atom stereocenters. The fourth-order valence-electron chi connectivity index (χ4n) is 3.40. The number of benzene rings is 2. The Morgan fingerprint density at radius 2 is 1.79 bits per heavy atom. The fourth-order valence-corrected chi connectivity index (χ4v) is 3.40. The molecule has 9 nitrogen and oxygen atoms in total. The zero-order chi connectivity index (χ0) is 23.9. The normalized spacial score (nSPS) is 11.8. The highest BCUT2D eigenvalue weighted by atomic mass is 19.1. The van der Waals surface area contributed by atoms with Crippen molar-refractivity contribution in [2.75, 3.05) is 0 Å². The van der Waals surface area contributed by atoms with E-state index in [1.54, 1.807) is 0 Å². The number of hydrogen-bond donors (Lipinski definition) is 0. The van der Waals surface area contributed by atoms with Gasteiger partial charge in [0.1, 0.15) is 18.1 Å². The van der Waals surface area contributed by atoms with Gasteiger partial charge in [0.2, 0.25) is 17.4 Å². The van der Waals surface area contributed by atoms with Crippen LogP contribution in [0.2, 0.25) is 0 Å². The number of rotatable bonds is 5. The summed E-state index contributed by atoms with van der Waals surface area (Å²) in [7, 11) is 0. The van der Waals surface area contributed by atoms with E-state index in [1.807, 2.05) is 24.3 Å². The molecule has 0 bridgehead atoms. The predicted molar refractivity (Wildman–Crippen MR) is 121 cm³/mol. The van der Waals surface area contributed by atoms with Crippen LogP contribution in [0.15, 0.2) is 70.2 Å². The van der Waals surface area contributed by atoms with Crippen LogP contribution in [-0.4, -0.2) is 29.3 Å². The van der Waals surface area contributed by atoms with Gasteiger partial charge in [-0.25, -0.2) is 23.3 Å². The van der Waals surface area contributed by atoms with Gasteiger partial charge in [0.05, 0.1) is 0 Å². The maximum absolute atomic E-state index is 13.2. The summed E-state index contributed by atoms with van der Waals surface area (Å²) >= 11 is 0. The number of aromatic nitrogens is 6. The Kier molecular flexibility index (Phi) is 5.20. The standard InChI is InChI=1S/C24H21FN6O3/c1-24(2,3)16-6-4-15(5-7-16)20-27-19(34-29-20)14-31-23(32)30-13-12-26-22(21(30)28-31)33-18-10-8-17(25)9-11-18/h4-13H,14H2,1-3H3. The van der Waals surface area contributed by atoms with Gasteiger partial charge in [-0.05, 0) is 35.2 Å². The monoisotopic (exact) mass is 460 g/mol. The molecule has 0 saturated carbocycles. The molecule has 3 heterocycles. The molecule has 5 aromatic rings. The van der Waals surface area contributed by atoms with Crippen LogP contribution < -0.4 is 10.4 Å². The largest absolute Gasteiger partial charge is 0.436 e. The van der Waals surface area contributed by atoms with E-state index >= 15 is 0 Å². The first-order valence-electron chi connectivity index (χ1n) is 10.6. The zero-order valence-electron chi connectivity index (χ0n) is 18.8. The quantitative estimate of drug-likeness (QED) is 0.387. The second kappa shape index (κ2) is 8.22. The Bertz CT molecular complexity index is 1510. The van der Waals surface area contributed by atoms with E-state index in [0.717, 1.165) is 5.56 Å². The summed E-state index contributed by atoms with van der Waals surface area (Å²) in [5.74, 6) is 0.741. The number of halogens is 1. The minimum absolute atomic E-state index is 0.0242. The predicted octanol–water partition coefficient (Wildman–Crippen LogP) is 4.22. The van der Waals surface area contributed by atoms with Crippen molar-refractivity contribution in [2.45, 2.75) is 32.7 Å². The summed E-state index contributed by atoms with van der Waals surface area (Å²) < 4.78 is 26.7. The van der Waals surface area contributed by atoms with Gasteiger partial charge in [0, 0.05) is 18.0 Å². The van der Waals surface area contributed by atoms with Crippen molar-refractivity contribution in [2.24, 2.45) is 0 Å². The molecule has 0 N–H and O–H groups in total. The van der Waals surface area contributed by atoms with Crippen LogP contribution in [0.3, 0.4) is 0 Å². The molecule has 0 atom stereocenters. The average molecular weight is 460 g/mol. The molecule has 34 heavy (non-hydrogen) atoms. The van der Waals surface area contributed by atoms with E-state index in [-0.39, 0.29) is 35.2 Å². The van der Waals surface area contributed by atoms with Crippen molar-refractivity contribution >= 4 is 5.65 Å². The number of fused-ring (bicyclic) bond motifs is 1. The third-order valence-corrected chi connectivity index (χ3v) is 5.26. The van der Waals surface area contributed by atoms with Crippen molar-refractivity contribution in [3.63, 3.8) is 0 Å². The molecule has 2 aromatic carbocycles. The highest BCUT2D eigenvalue weighted by Gasteiger charge is 2.18. The molecule has 0 amide bonds. The Morgan fingerprint density at radius 1 is 1.06 bits per heavy atom. The van der Waals surface area contributed by atoms with Gasteiger partial charge >= 0.3 is 5.69 Å². The molecule has 0 spiro atoms. The van der Waals surface area contributed by atoms with Gasteiger partial charge < -0.3 is 9.26 Å². The molecule has 0 fully saturated rings. The van der Waals surface area contributed by atoms with Crippen LogP contribution in [0.5, 0.6) is 11.6 Å². The molecule has 172 valence electrons. The Balaban J connectivity index is 1.40.